The number of nitrogens with one attached hydrogen (secondary N) is 1. The van der Waals surface area contributed by atoms with Crippen LogP contribution in [0.3, 0.4) is 0 Å². The summed E-state index contributed by atoms with van der Waals surface area (Å²) in [6, 6.07) is 12.7. The van der Waals surface area contributed by atoms with Gasteiger partial charge in [-0.3, -0.25) is 9.69 Å². The highest BCUT2D eigenvalue weighted by Gasteiger charge is 2.42. The number of fused-ring (bicyclic) bond motifs is 1. The second-order valence-corrected chi connectivity index (χ2v) is 6.66. The molecule has 0 unspecified atom stereocenters. The van der Waals surface area contributed by atoms with Crippen LogP contribution in [0.4, 0.5) is 0 Å². The zero-order chi connectivity index (χ0) is 16.5. The third-order valence-corrected chi connectivity index (χ3v) is 5.12. The Bertz CT molecular complexity index is 712. The summed E-state index contributed by atoms with van der Waals surface area (Å²) < 4.78 is 5.95. The summed E-state index contributed by atoms with van der Waals surface area (Å²) in [5.74, 6) is 0.103. The Morgan fingerprint density at radius 2 is 2.08 bits per heavy atom. The quantitative estimate of drug-likeness (QED) is 0.939. The van der Waals surface area contributed by atoms with Crippen molar-refractivity contribution in [3.8, 4) is 0 Å². The topological polar surface area (TPSA) is 48.6 Å². The van der Waals surface area contributed by atoms with Gasteiger partial charge in [-0.1, -0.05) is 30.3 Å². The molecule has 5 nitrogen and oxygen atoms in total. The minimum Gasteiger partial charge on any atom is -0.373 e. The van der Waals surface area contributed by atoms with E-state index in [2.05, 4.69) is 34.1 Å². The first-order valence-corrected chi connectivity index (χ1v) is 8.55. The lowest BCUT2D eigenvalue weighted by molar-refractivity contribution is -0.0503. The maximum Gasteiger partial charge on any atom is 0.255 e. The average Bonchev–Trinajstić information content (AvgIpc) is 3.22. The van der Waals surface area contributed by atoms with Gasteiger partial charge in [-0.2, -0.15) is 0 Å². The molecular formula is C19H23N3O2. The van der Waals surface area contributed by atoms with Crippen LogP contribution in [0, 0.1) is 6.92 Å². The maximum atomic E-state index is 12.8. The number of hydrogen-bond acceptors (Lipinski definition) is 3. The Labute approximate surface area is 142 Å². The summed E-state index contributed by atoms with van der Waals surface area (Å²) in [4.78, 5) is 20.3. The molecule has 5 heteroatoms. The number of carbonyl (C=O) groups excluding carboxylic acids is 1. The monoisotopic (exact) mass is 325 g/mol. The van der Waals surface area contributed by atoms with E-state index in [1.165, 1.54) is 5.56 Å². The zero-order valence-electron chi connectivity index (χ0n) is 13.9. The molecule has 2 aliphatic heterocycles. The highest BCUT2D eigenvalue weighted by Crippen LogP contribution is 2.26. The van der Waals surface area contributed by atoms with Crippen molar-refractivity contribution in [2.24, 2.45) is 0 Å². The lowest BCUT2D eigenvalue weighted by atomic mass is 10.1. The number of morpholine rings is 1. The van der Waals surface area contributed by atoms with E-state index in [0.29, 0.717) is 6.54 Å². The van der Waals surface area contributed by atoms with Crippen LogP contribution >= 0.6 is 0 Å². The number of aromatic amines is 1. The number of nitrogens with zero attached hydrogens (tertiary/aromatic N) is 2. The number of likely N-dealkylation sites (tertiary alicyclic amines) is 1. The molecule has 1 amide bonds. The molecule has 2 aromatic rings. The van der Waals surface area contributed by atoms with Crippen LogP contribution in [-0.4, -0.2) is 59.1 Å². The third kappa shape index (κ3) is 2.85. The van der Waals surface area contributed by atoms with E-state index in [9.17, 15) is 4.79 Å². The second-order valence-electron chi connectivity index (χ2n) is 6.66. The van der Waals surface area contributed by atoms with E-state index in [1.807, 2.05) is 30.2 Å². The van der Waals surface area contributed by atoms with Crippen LogP contribution in [-0.2, 0) is 11.3 Å². The van der Waals surface area contributed by atoms with Crippen molar-refractivity contribution in [2.45, 2.75) is 25.6 Å². The van der Waals surface area contributed by atoms with Crippen molar-refractivity contribution in [2.75, 3.05) is 26.2 Å². The summed E-state index contributed by atoms with van der Waals surface area (Å²) in [5, 5.41) is 0. The van der Waals surface area contributed by atoms with Gasteiger partial charge >= 0.3 is 0 Å². The zero-order valence-corrected chi connectivity index (χ0v) is 13.9. The van der Waals surface area contributed by atoms with E-state index < -0.39 is 0 Å². The van der Waals surface area contributed by atoms with Gasteiger partial charge in [0.2, 0.25) is 0 Å². The number of ether oxygens (including phenoxy) is 1. The number of aryl methyl sites for hydroxylation is 1. The van der Waals surface area contributed by atoms with Crippen molar-refractivity contribution in [3.05, 3.63) is 59.4 Å². The highest BCUT2D eigenvalue weighted by atomic mass is 16.5. The van der Waals surface area contributed by atoms with Gasteiger partial charge in [-0.15, -0.1) is 0 Å². The highest BCUT2D eigenvalue weighted by molar-refractivity contribution is 5.95. The Morgan fingerprint density at radius 1 is 1.25 bits per heavy atom. The van der Waals surface area contributed by atoms with Gasteiger partial charge in [0.05, 0.1) is 24.3 Å². The molecule has 2 aliphatic rings. The van der Waals surface area contributed by atoms with Crippen molar-refractivity contribution in [3.63, 3.8) is 0 Å². The fourth-order valence-electron chi connectivity index (χ4n) is 3.79. The molecular weight excluding hydrogens is 302 g/mol. The first-order chi connectivity index (χ1) is 11.7. The lowest BCUT2D eigenvalue weighted by Crippen LogP contribution is -2.50. The number of rotatable bonds is 3. The fourth-order valence-corrected chi connectivity index (χ4v) is 3.79. The summed E-state index contributed by atoms with van der Waals surface area (Å²) in [7, 11) is 0. The summed E-state index contributed by atoms with van der Waals surface area (Å²) in [5.41, 5.74) is 3.00. The summed E-state index contributed by atoms with van der Waals surface area (Å²) in [6.45, 7) is 5.92. The predicted molar refractivity (Wildman–Crippen MR) is 91.8 cm³/mol. The van der Waals surface area contributed by atoms with E-state index >= 15 is 0 Å². The van der Waals surface area contributed by atoms with Crippen molar-refractivity contribution < 1.29 is 9.53 Å². The van der Waals surface area contributed by atoms with E-state index in [-0.39, 0.29) is 18.1 Å². The van der Waals surface area contributed by atoms with Gasteiger partial charge in [-0.25, -0.2) is 0 Å². The number of hydrogen-bond donors (Lipinski definition) is 1. The van der Waals surface area contributed by atoms with Crippen molar-refractivity contribution >= 4 is 5.91 Å². The molecule has 4 rings (SSSR count). The van der Waals surface area contributed by atoms with Gasteiger partial charge in [0.1, 0.15) is 0 Å². The fraction of sp³-hybridized carbons (Fsp3) is 0.421. The minimum atomic E-state index is 0.103. The molecule has 1 aromatic heterocycles. The normalized spacial score (nSPS) is 24.1. The molecule has 2 fully saturated rings. The van der Waals surface area contributed by atoms with E-state index in [1.54, 1.807) is 0 Å². The van der Waals surface area contributed by atoms with Gasteiger partial charge in [0.15, 0.2) is 0 Å². The SMILES string of the molecule is Cc1[nH]ccc1C(=O)N1C[C@H]2OCCN(Cc3ccccc3)[C@H]2C1. The molecule has 0 radical (unpaired) electrons. The van der Waals surface area contributed by atoms with Crippen LogP contribution in [0.1, 0.15) is 21.6 Å². The molecule has 2 saturated heterocycles. The number of aromatic nitrogens is 1. The summed E-state index contributed by atoms with van der Waals surface area (Å²) in [6.07, 6.45) is 1.94. The minimum absolute atomic E-state index is 0.103. The molecule has 1 N–H and O–H groups in total. The summed E-state index contributed by atoms with van der Waals surface area (Å²) >= 11 is 0. The van der Waals surface area contributed by atoms with Crippen LogP contribution in [0.2, 0.25) is 0 Å². The molecule has 1 aromatic carbocycles. The third-order valence-electron chi connectivity index (χ3n) is 5.12. The van der Waals surface area contributed by atoms with Crippen LogP contribution in [0.25, 0.3) is 0 Å². The Morgan fingerprint density at radius 3 is 2.83 bits per heavy atom. The molecule has 0 bridgehead atoms. The number of H-pyrrole nitrogens is 1. The van der Waals surface area contributed by atoms with Crippen molar-refractivity contribution in [1.29, 1.82) is 0 Å². The van der Waals surface area contributed by atoms with Crippen molar-refractivity contribution in [1.82, 2.24) is 14.8 Å². The number of carbonyl (C=O) groups is 1. The Kier molecular flexibility index (Phi) is 4.12. The number of benzene rings is 1. The second kappa shape index (κ2) is 6.42. The molecule has 0 spiro atoms. The first-order valence-electron chi connectivity index (χ1n) is 8.55. The van der Waals surface area contributed by atoms with Gasteiger partial charge < -0.3 is 14.6 Å². The largest absolute Gasteiger partial charge is 0.373 e. The molecule has 2 atom stereocenters. The molecule has 24 heavy (non-hydrogen) atoms. The van der Waals surface area contributed by atoms with Gasteiger partial charge in [-0.05, 0) is 18.6 Å². The molecule has 126 valence electrons. The molecule has 3 heterocycles. The lowest BCUT2D eigenvalue weighted by Gasteiger charge is -2.36. The van der Waals surface area contributed by atoms with Crippen LogP contribution in [0.5, 0.6) is 0 Å². The maximum absolute atomic E-state index is 12.8. The van der Waals surface area contributed by atoms with Crippen LogP contribution in [0.15, 0.2) is 42.6 Å². The van der Waals surface area contributed by atoms with Gasteiger partial charge in [0, 0.05) is 38.1 Å². The Balaban J connectivity index is 1.48. The van der Waals surface area contributed by atoms with Gasteiger partial charge in [0.25, 0.3) is 5.91 Å². The van der Waals surface area contributed by atoms with E-state index in [0.717, 1.165) is 37.5 Å². The van der Waals surface area contributed by atoms with Crippen LogP contribution < -0.4 is 0 Å². The standard InChI is InChI=1S/C19H23N3O2/c1-14-16(7-8-20-14)19(23)22-12-17-18(13-22)24-10-9-21(17)11-15-5-3-2-4-6-15/h2-8,17-18,20H,9-13H2,1H3/t17-,18+/m0/s1. The molecule has 0 saturated carbocycles. The van der Waals surface area contributed by atoms with E-state index in [4.69, 9.17) is 4.74 Å². The first kappa shape index (κ1) is 15.4. The molecule has 0 aliphatic carbocycles. The number of amides is 1. The smallest absolute Gasteiger partial charge is 0.255 e. The Hall–Kier alpha value is -2.11. The predicted octanol–water partition coefficient (Wildman–Crippen LogP) is 2.05. The average molecular weight is 325 g/mol.